The molecule has 4 nitrogen and oxygen atoms in total. The van der Waals surface area contributed by atoms with E-state index >= 15 is 0 Å². The van der Waals surface area contributed by atoms with Gasteiger partial charge in [0.15, 0.2) is 5.58 Å². The Balaban J connectivity index is 1.06. The summed E-state index contributed by atoms with van der Waals surface area (Å²) in [6.07, 6.45) is 0. The molecule has 0 saturated carbocycles. The number of fused-ring (bicyclic) bond motifs is 4. The molecule has 0 amide bonds. The minimum atomic E-state index is 0.584. The number of nitrogens with zero attached hydrogens (tertiary/aromatic N) is 2. The molecule has 0 aliphatic carbocycles. The fourth-order valence-corrected chi connectivity index (χ4v) is 7.33. The molecule has 0 aliphatic heterocycles. The summed E-state index contributed by atoms with van der Waals surface area (Å²) in [5, 5.41) is 2.05. The van der Waals surface area contributed by atoms with Crippen molar-refractivity contribution in [1.29, 1.82) is 0 Å². The molecule has 0 fully saturated rings. The average Bonchev–Trinajstić information content (AvgIpc) is 3.83. The predicted molar refractivity (Wildman–Crippen MR) is 218 cm³/mol. The van der Waals surface area contributed by atoms with Crippen LogP contribution in [0.5, 0.6) is 0 Å². The molecular weight excluding hydrogens is 649 g/mol. The van der Waals surface area contributed by atoms with E-state index in [-0.39, 0.29) is 0 Å². The van der Waals surface area contributed by atoms with Gasteiger partial charge in [0.1, 0.15) is 16.7 Å². The van der Waals surface area contributed by atoms with E-state index in [1.165, 1.54) is 22.3 Å². The van der Waals surface area contributed by atoms with Crippen LogP contribution < -0.4 is 4.90 Å². The molecular formula is C49H32N2O2. The number of furan rings is 1. The molecule has 0 bridgehead atoms. The molecule has 10 rings (SSSR count). The largest absolute Gasteiger partial charge is 0.455 e. The lowest BCUT2D eigenvalue weighted by molar-refractivity contribution is 0.620. The zero-order valence-electron chi connectivity index (χ0n) is 28.7. The summed E-state index contributed by atoms with van der Waals surface area (Å²) in [6, 6.07) is 67.4. The molecule has 0 aliphatic rings. The first-order valence-corrected chi connectivity index (χ1v) is 17.8. The Morgan fingerprint density at radius 3 is 1.57 bits per heavy atom. The van der Waals surface area contributed by atoms with E-state index < -0.39 is 0 Å². The number of rotatable bonds is 7. The van der Waals surface area contributed by atoms with E-state index in [1.807, 2.05) is 48.5 Å². The van der Waals surface area contributed by atoms with Crippen LogP contribution in [0, 0.1) is 0 Å². The molecule has 53 heavy (non-hydrogen) atoms. The number of para-hydroxylation sites is 2. The van der Waals surface area contributed by atoms with Gasteiger partial charge in [-0.15, -0.1) is 0 Å². The van der Waals surface area contributed by atoms with Gasteiger partial charge in [-0.3, -0.25) is 0 Å². The molecule has 0 N–H and O–H groups in total. The SMILES string of the molecule is c1ccc(-c2cccc(-c3ccc(N(c4ccccc4)c4ccc(-c5c6nc(-c7ccccc7)oc6cc6c5oc5ccccc56)cc4)cc3)c2)cc1. The van der Waals surface area contributed by atoms with Crippen molar-refractivity contribution in [2.45, 2.75) is 0 Å². The Morgan fingerprint density at radius 1 is 0.358 bits per heavy atom. The molecule has 0 atom stereocenters. The minimum absolute atomic E-state index is 0.584. The van der Waals surface area contributed by atoms with Crippen molar-refractivity contribution >= 4 is 50.1 Å². The second-order valence-corrected chi connectivity index (χ2v) is 13.2. The Morgan fingerprint density at radius 2 is 0.887 bits per heavy atom. The third-order valence-corrected chi connectivity index (χ3v) is 9.90. The highest BCUT2D eigenvalue weighted by molar-refractivity contribution is 6.16. The van der Waals surface area contributed by atoms with Crippen LogP contribution in [0.4, 0.5) is 17.1 Å². The van der Waals surface area contributed by atoms with E-state index in [1.54, 1.807) is 0 Å². The molecule has 0 saturated heterocycles. The van der Waals surface area contributed by atoms with Crippen LogP contribution in [0.3, 0.4) is 0 Å². The maximum Gasteiger partial charge on any atom is 0.227 e. The van der Waals surface area contributed by atoms with Gasteiger partial charge in [0.2, 0.25) is 5.89 Å². The van der Waals surface area contributed by atoms with Crippen molar-refractivity contribution in [1.82, 2.24) is 4.98 Å². The topological polar surface area (TPSA) is 42.4 Å². The van der Waals surface area contributed by atoms with E-state index in [2.05, 4.69) is 150 Å². The van der Waals surface area contributed by atoms with Gasteiger partial charge in [-0.1, -0.05) is 127 Å². The predicted octanol–water partition coefficient (Wildman–Crippen LogP) is 13.9. The fourth-order valence-electron chi connectivity index (χ4n) is 7.33. The standard InChI is InChI=1S/C49H32N2O2/c1-4-13-33(14-5-1)37-17-12-18-38(31-37)34-23-27-40(28-24-34)51(39-19-8-3-9-20-39)41-29-25-35(26-30-41)46-47-45(53-49(50-47)36-15-6-2-7-16-36)32-43-42-21-10-11-22-44(42)52-48(43)46/h1-32H. The van der Waals surface area contributed by atoms with Crippen LogP contribution in [0.15, 0.2) is 203 Å². The number of hydrogen-bond donors (Lipinski definition) is 0. The summed E-state index contributed by atoms with van der Waals surface area (Å²) >= 11 is 0. The molecule has 10 aromatic rings. The van der Waals surface area contributed by atoms with Crippen molar-refractivity contribution in [3.05, 3.63) is 194 Å². The molecule has 8 aromatic carbocycles. The van der Waals surface area contributed by atoms with E-state index in [0.29, 0.717) is 5.89 Å². The van der Waals surface area contributed by atoms with Crippen LogP contribution in [0.2, 0.25) is 0 Å². The van der Waals surface area contributed by atoms with Crippen molar-refractivity contribution < 1.29 is 8.83 Å². The number of oxazole rings is 1. The van der Waals surface area contributed by atoms with Crippen LogP contribution in [0.25, 0.3) is 77.9 Å². The van der Waals surface area contributed by atoms with Gasteiger partial charge < -0.3 is 13.7 Å². The van der Waals surface area contributed by atoms with Gasteiger partial charge in [-0.05, 0) is 94.5 Å². The zero-order valence-corrected chi connectivity index (χ0v) is 28.7. The first-order valence-electron chi connectivity index (χ1n) is 17.8. The summed E-state index contributed by atoms with van der Waals surface area (Å²) in [5.74, 6) is 0.584. The normalized spacial score (nSPS) is 11.4. The molecule has 4 heteroatoms. The fraction of sp³-hybridized carbons (Fsp3) is 0. The highest BCUT2D eigenvalue weighted by atomic mass is 16.4. The highest BCUT2D eigenvalue weighted by Gasteiger charge is 2.22. The van der Waals surface area contributed by atoms with Crippen molar-refractivity contribution in [2.24, 2.45) is 0 Å². The summed E-state index contributed by atoms with van der Waals surface area (Å²) < 4.78 is 13.0. The van der Waals surface area contributed by atoms with Crippen molar-refractivity contribution in [2.75, 3.05) is 4.90 Å². The molecule has 250 valence electrons. The van der Waals surface area contributed by atoms with Gasteiger partial charge in [-0.2, -0.15) is 0 Å². The highest BCUT2D eigenvalue weighted by Crippen LogP contribution is 2.43. The number of hydrogen-bond acceptors (Lipinski definition) is 4. The summed E-state index contributed by atoms with van der Waals surface area (Å²) in [6.45, 7) is 0. The number of aromatic nitrogens is 1. The van der Waals surface area contributed by atoms with Crippen molar-refractivity contribution in [3.8, 4) is 44.8 Å². The molecule has 0 spiro atoms. The molecule has 0 unspecified atom stereocenters. The Kier molecular flexibility index (Phi) is 7.43. The van der Waals surface area contributed by atoms with Gasteiger partial charge >= 0.3 is 0 Å². The van der Waals surface area contributed by atoms with E-state index in [4.69, 9.17) is 13.8 Å². The summed E-state index contributed by atoms with van der Waals surface area (Å²) in [5.41, 5.74) is 13.9. The minimum Gasteiger partial charge on any atom is -0.455 e. The lowest BCUT2D eigenvalue weighted by Gasteiger charge is -2.26. The van der Waals surface area contributed by atoms with Gasteiger partial charge in [0, 0.05) is 33.4 Å². The van der Waals surface area contributed by atoms with Gasteiger partial charge in [0.25, 0.3) is 0 Å². The van der Waals surface area contributed by atoms with Gasteiger partial charge in [-0.25, -0.2) is 4.98 Å². The van der Waals surface area contributed by atoms with E-state index in [9.17, 15) is 0 Å². The molecule has 2 heterocycles. The molecule has 0 radical (unpaired) electrons. The number of anilines is 3. The Bertz CT molecular complexity index is 2860. The van der Waals surface area contributed by atoms with Crippen LogP contribution in [-0.2, 0) is 0 Å². The quantitative estimate of drug-likeness (QED) is 0.168. The van der Waals surface area contributed by atoms with Crippen LogP contribution >= 0.6 is 0 Å². The second-order valence-electron chi connectivity index (χ2n) is 13.2. The Hall–Kier alpha value is -7.17. The van der Waals surface area contributed by atoms with Crippen molar-refractivity contribution in [3.63, 3.8) is 0 Å². The summed E-state index contributed by atoms with van der Waals surface area (Å²) in [4.78, 5) is 7.34. The van der Waals surface area contributed by atoms with Crippen LogP contribution in [-0.4, -0.2) is 4.98 Å². The van der Waals surface area contributed by atoms with Crippen LogP contribution in [0.1, 0.15) is 0 Å². The van der Waals surface area contributed by atoms with E-state index in [0.717, 1.165) is 66.8 Å². The lowest BCUT2D eigenvalue weighted by Crippen LogP contribution is -2.09. The average molecular weight is 681 g/mol. The smallest absolute Gasteiger partial charge is 0.227 e. The zero-order chi connectivity index (χ0) is 35.1. The summed E-state index contributed by atoms with van der Waals surface area (Å²) in [7, 11) is 0. The maximum atomic E-state index is 6.57. The van der Waals surface area contributed by atoms with Gasteiger partial charge in [0.05, 0.1) is 5.56 Å². The first kappa shape index (κ1) is 30.6. The molecule has 2 aromatic heterocycles. The third kappa shape index (κ3) is 5.54. The number of benzene rings is 8. The third-order valence-electron chi connectivity index (χ3n) is 9.90. The second kappa shape index (κ2) is 12.9. The first-order chi connectivity index (χ1) is 26.3. The lowest BCUT2D eigenvalue weighted by atomic mass is 9.98. The monoisotopic (exact) mass is 680 g/mol. The Labute approximate surface area is 306 Å². The maximum absolute atomic E-state index is 6.57.